The van der Waals surface area contributed by atoms with Crippen molar-refractivity contribution in [3.05, 3.63) is 58.7 Å². The van der Waals surface area contributed by atoms with Crippen LogP contribution in [0.1, 0.15) is 101 Å². The molecule has 2 aromatic rings. The minimum Gasteiger partial charge on any atom is -0.399 e. The summed E-state index contributed by atoms with van der Waals surface area (Å²) in [6.07, 6.45) is 8.87. The Morgan fingerprint density at radius 3 is 1.84 bits per heavy atom. The maximum absolute atomic E-state index is 14.3. The Kier molecular flexibility index (Phi) is 7.27. The first-order valence-electron chi connectivity index (χ1n) is 16.1. The molecule has 43 heavy (non-hydrogen) atoms. The van der Waals surface area contributed by atoms with Crippen LogP contribution in [0.3, 0.4) is 0 Å². The lowest BCUT2D eigenvalue weighted by Gasteiger charge is -2.56. The molecule has 4 aliphatic rings. The fraction of sp³-hybridized carbons (Fsp3) is 0.583. The van der Waals surface area contributed by atoms with E-state index in [1.54, 1.807) is 0 Å². The third-order valence-corrected chi connectivity index (χ3v) is 12.4. The van der Waals surface area contributed by atoms with Gasteiger partial charge >= 0.3 is 0 Å². The minimum absolute atomic E-state index is 0.0619. The predicted octanol–water partition coefficient (Wildman–Crippen LogP) is 5.56. The molecule has 2 fully saturated rings. The maximum Gasteiger partial charge on any atom is 0.250 e. The highest BCUT2D eigenvalue weighted by Gasteiger charge is 2.58. The van der Waals surface area contributed by atoms with Gasteiger partial charge in [-0.15, -0.1) is 0 Å². The molecular weight excluding hydrogens is 538 g/mol. The molecule has 0 saturated heterocycles. The zero-order valence-corrected chi connectivity index (χ0v) is 26.1. The van der Waals surface area contributed by atoms with E-state index in [2.05, 4.69) is 56.5 Å². The number of nitrogens with two attached hydrogens (primary N) is 1. The monoisotopic (exact) mass is 585 g/mol. The number of fused-ring (bicyclic) bond motifs is 6. The fourth-order valence-corrected chi connectivity index (χ4v) is 10.1. The average molecular weight is 586 g/mol. The zero-order valence-electron chi connectivity index (χ0n) is 26.1. The predicted molar refractivity (Wildman–Crippen MR) is 168 cm³/mol. The Balaban J connectivity index is 1.26. The second-order valence-electron chi connectivity index (χ2n) is 14.8. The van der Waals surface area contributed by atoms with Crippen molar-refractivity contribution in [1.82, 2.24) is 5.32 Å². The quantitative estimate of drug-likeness (QED) is 0.276. The first kappa shape index (κ1) is 29.9. The highest BCUT2D eigenvalue weighted by molar-refractivity contribution is 6.01. The number of nitrogen functional groups attached to an aromatic ring is 1. The van der Waals surface area contributed by atoms with Crippen molar-refractivity contribution in [2.24, 2.45) is 22.7 Å². The Morgan fingerprint density at radius 2 is 1.30 bits per heavy atom. The molecule has 230 valence electrons. The van der Waals surface area contributed by atoms with Crippen molar-refractivity contribution in [2.75, 3.05) is 17.7 Å². The highest BCUT2D eigenvalue weighted by Crippen LogP contribution is 2.59. The van der Waals surface area contributed by atoms with E-state index in [-0.39, 0.29) is 34.5 Å². The molecule has 2 saturated carbocycles. The van der Waals surface area contributed by atoms with E-state index in [1.807, 2.05) is 18.2 Å². The van der Waals surface area contributed by atoms with Crippen LogP contribution in [-0.4, -0.2) is 29.4 Å². The van der Waals surface area contributed by atoms with Crippen molar-refractivity contribution in [2.45, 2.75) is 103 Å². The van der Waals surface area contributed by atoms with Gasteiger partial charge in [0.05, 0.1) is 10.8 Å². The van der Waals surface area contributed by atoms with Crippen LogP contribution < -0.4 is 16.4 Å². The number of benzene rings is 2. The molecule has 6 rings (SSSR count). The van der Waals surface area contributed by atoms with Gasteiger partial charge in [-0.05, 0) is 121 Å². The van der Waals surface area contributed by atoms with Gasteiger partial charge in [-0.25, -0.2) is 0 Å². The van der Waals surface area contributed by atoms with Crippen molar-refractivity contribution >= 4 is 29.1 Å². The van der Waals surface area contributed by atoms with E-state index in [4.69, 9.17) is 5.73 Å². The molecule has 0 spiro atoms. The molecule has 4 aliphatic carbocycles. The van der Waals surface area contributed by atoms with Crippen LogP contribution in [0.2, 0.25) is 0 Å². The van der Waals surface area contributed by atoms with Crippen LogP contribution in [0.25, 0.3) is 0 Å². The largest absolute Gasteiger partial charge is 0.399 e. The van der Waals surface area contributed by atoms with Gasteiger partial charge in [0.25, 0.3) is 0 Å². The van der Waals surface area contributed by atoms with E-state index in [0.29, 0.717) is 5.69 Å². The molecule has 6 atom stereocenters. The van der Waals surface area contributed by atoms with Gasteiger partial charge in [-0.3, -0.25) is 19.7 Å². The lowest BCUT2D eigenvalue weighted by atomic mass is 9.49. The van der Waals surface area contributed by atoms with Crippen molar-refractivity contribution < 1.29 is 19.5 Å². The van der Waals surface area contributed by atoms with Gasteiger partial charge in [-0.2, -0.15) is 0 Å². The SMILES string of the molecule is CC1(C(=O)NC(=O)[C@@]2(C)CCC[C@]3(C)c4cc(NC(=O)CO)ccc4CC[C@@H]23)CCCC2(C)c3cc(N)ccc3CCC12. The van der Waals surface area contributed by atoms with E-state index < -0.39 is 23.3 Å². The topological polar surface area (TPSA) is 122 Å². The summed E-state index contributed by atoms with van der Waals surface area (Å²) < 4.78 is 0. The molecule has 0 bridgehead atoms. The number of imide groups is 1. The second-order valence-corrected chi connectivity index (χ2v) is 14.8. The van der Waals surface area contributed by atoms with Crippen LogP contribution in [0, 0.1) is 22.7 Å². The smallest absolute Gasteiger partial charge is 0.250 e. The summed E-state index contributed by atoms with van der Waals surface area (Å²) in [6, 6.07) is 12.2. The van der Waals surface area contributed by atoms with Crippen molar-refractivity contribution in [3.63, 3.8) is 0 Å². The number of carbonyl (C=O) groups is 3. The summed E-state index contributed by atoms with van der Waals surface area (Å²) >= 11 is 0. The Labute approximate surface area is 255 Å². The van der Waals surface area contributed by atoms with Crippen LogP contribution in [0.15, 0.2) is 36.4 Å². The number of anilines is 2. The lowest BCUT2D eigenvalue weighted by Crippen LogP contribution is -2.60. The number of aliphatic hydroxyl groups is 1. The highest BCUT2D eigenvalue weighted by atomic mass is 16.3. The molecule has 0 heterocycles. The Hall–Kier alpha value is -3.19. The van der Waals surface area contributed by atoms with Crippen LogP contribution >= 0.6 is 0 Å². The normalized spacial score (nSPS) is 34.5. The van der Waals surface area contributed by atoms with Gasteiger partial charge in [-0.1, -0.05) is 52.7 Å². The van der Waals surface area contributed by atoms with Gasteiger partial charge < -0.3 is 16.2 Å². The summed E-state index contributed by atoms with van der Waals surface area (Å²) in [5, 5.41) is 15.0. The molecule has 0 aromatic heterocycles. The summed E-state index contributed by atoms with van der Waals surface area (Å²) in [5.74, 6) is -0.516. The number of rotatable bonds is 4. The van der Waals surface area contributed by atoms with Crippen LogP contribution in [0.4, 0.5) is 11.4 Å². The third-order valence-electron chi connectivity index (χ3n) is 12.4. The Morgan fingerprint density at radius 1 is 0.791 bits per heavy atom. The van der Waals surface area contributed by atoms with E-state index >= 15 is 0 Å². The molecule has 7 nitrogen and oxygen atoms in total. The number of nitrogens with one attached hydrogen (secondary N) is 2. The number of hydrogen-bond acceptors (Lipinski definition) is 5. The molecule has 3 amide bonds. The molecule has 5 N–H and O–H groups in total. The number of aliphatic hydroxyl groups excluding tert-OH is 1. The molecule has 7 heteroatoms. The second kappa shape index (κ2) is 10.5. The summed E-state index contributed by atoms with van der Waals surface area (Å²) in [5.41, 5.74) is 10.9. The van der Waals surface area contributed by atoms with Gasteiger partial charge in [0.2, 0.25) is 17.7 Å². The maximum atomic E-state index is 14.3. The van der Waals surface area contributed by atoms with E-state index in [0.717, 1.165) is 69.9 Å². The summed E-state index contributed by atoms with van der Waals surface area (Å²) in [6.45, 7) is 8.13. The van der Waals surface area contributed by atoms with Gasteiger partial charge in [0.1, 0.15) is 6.61 Å². The van der Waals surface area contributed by atoms with Crippen molar-refractivity contribution in [3.8, 4) is 0 Å². The standard InChI is InChI=1S/C36H47N3O4/c1-33-15-5-17-35(3,28(33)13-9-22-7-11-24(37)19-26(22)33)31(42)39-32(43)36(4)18-6-16-34(2)27-20-25(38-30(41)21-40)12-8-23(27)10-14-29(34)36/h7-8,11-12,19-20,28-29,40H,5-6,9-10,13-18,21,37H2,1-4H3,(H,38,41)(H,39,42,43)/t28?,29-,33?,34-,35?,36+/m1/s1. The molecule has 0 aliphatic heterocycles. The molecule has 3 unspecified atom stereocenters. The van der Waals surface area contributed by atoms with Crippen molar-refractivity contribution in [1.29, 1.82) is 0 Å². The lowest BCUT2D eigenvalue weighted by molar-refractivity contribution is -0.150. The Bertz CT molecular complexity index is 1490. The van der Waals surface area contributed by atoms with Gasteiger partial charge in [0.15, 0.2) is 0 Å². The zero-order chi connectivity index (χ0) is 30.8. The minimum atomic E-state index is -0.688. The average Bonchev–Trinajstić information content (AvgIpc) is 2.97. The van der Waals surface area contributed by atoms with Crippen LogP contribution in [-0.2, 0) is 38.1 Å². The molecule has 2 aromatic carbocycles. The molecule has 0 radical (unpaired) electrons. The first-order chi connectivity index (χ1) is 20.3. The van der Waals surface area contributed by atoms with E-state index in [9.17, 15) is 19.5 Å². The van der Waals surface area contributed by atoms with Crippen LogP contribution in [0.5, 0.6) is 0 Å². The number of amides is 3. The fourth-order valence-electron chi connectivity index (χ4n) is 10.1. The first-order valence-corrected chi connectivity index (χ1v) is 16.1. The summed E-state index contributed by atoms with van der Waals surface area (Å²) in [4.78, 5) is 40.5. The van der Waals surface area contributed by atoms with Gasteiger partial charge in [0, 0.05) is 11.4 Å². The summed E-state index contributed by atoms with van der Waals surface area (Å²) in [7, 11) is 0. The number of carbonyl (C=O) groups excluding carboxylic acids is 3. The molecular formula is C36H47N3O4. The number of hydrogen-bond donors (Lipinski definition) is 4. The van der Waals surface area contributed by atoms with E-state index in [1.165, 1.54) is 22.3 Å². The number of aryl methyl sites for hydroxylation is 2. The third kappa shape index (κ3) is 4.61.